The lowest BCUT2D eigenvalue weighted by Crippen LogP contribution is -2.50. The summed E-state index contributed by atoms with van der Waals surface area (Å²) in [6.07, 6.45) is 1.60. The number of hydrogen-bond donors (Lipinski definition) is 0. The summed E-state index contributed by atoms with van der Waals surface area (Å²) in [7, 11) is 1.66. The smallest absolute Gasteiger partial charge is 0.410 e. The quantitative estimate of drug-likeness (QED) is 0.617. The Morgan fingerprint density at radius 3 is 2.53 bits per heavy atom. The van der Waals surface area contributed by atoms with Gasteiger partial charge < -0.3 is 14.4 Å². The first-order valence-corrected chi connectivity index (χ1v) is 10.1. The minimum atomic E-state index is -0.475. The Morgan fingerprint density at radius 2 is 1.90 bits per heavy atom. The van der Waals surface area contributed by atoms with Crippen molar-refractivity contribution in [2.75, 3.05) is 20.2 Å². The number of carbonyl (C=O) groups excluding carboxylic acids is 1. The van der Waals surface area contributed by atoms with Crippen molar-refractivity contribution in [1.82, 2.24) is 14.9 Å². The number of methoxy groups -OCH3 is 1. The minimum absolute atomic E-state index is 0.238. The van der Waals surface area contributed by atoms with Gasteiger partial charge in [-0.05, 0) is 63.6 Å². The van der Waals surface area contributed by atoms with E-state index >= 15 is 0 Å². The van der Waals surface area contributed by atoms with Gasteiger partial charge in [0.1, 0.15) is 11.4 Å². The summed E-state index contributed by atoms with van der Waals surface area (Å²) < 4.78 is 10.7. The fourth-order valence-electron chi connectivity index (χ4n) is 3.60. The van der Waals surface area contributed by atoms with Crippen LogP contribution in [0.4, 0.5) is 4.79 Å². The molecule has 0 aliphatic carbocycles. The van der Waals surface area contributed by atoms with E-state index in [4.69, 9.17) is 14.5 Å². The molecule has 1 saturated heterocycles. The molecular weight excluding hydrogens is 378 g/mol. The highest BCUT2D eigenvalue weighted by atomic mass is 16.6. The monoisotopic (exact) mass is 405 g/mol. The van der Waals surface area contributed by atoms with E-state index in [0.29, 0.717) is 13.1 Å². The normalized spacial score (nSPS) is 14.5. The largest absolute Gasteiger partial charge is 0.497 e. The summed E-state index contributed by atoms with van der Waals surface area (Å²) >= 11 is 0. The van der Waals surface area contributed by atoms with Crippen LogP contribution in [-0.4, -0.2) is 46.8 Å². The predicted octanol–water partition coefficient (Wildman–Crippen LogP) is 4.95. The molecule has 6 nitrogen and oxygen atoms in total. The van der Waals surface area contributed by atoms with Crippen LogP contribution in [0.15, 0.2) is 42.6 Å². The van der Waals surface area contributed by atoms with Crippen LogP contribution in [0.1, 0.15) is 37.9 Å². The SMILES string of the molecule is COc1ccc2c(C)cc(-c3ccc(C4CN(C(=O)OC(C)(C)C)C4)nc3)nc2c1. The van der Waals surface area contributed by atoms with Crippen LogP contribution >= 0.6 is 0 Å². The van der Waals surface area contributed by atoms with Crippen LogP contribution in [0.25, 0.3) is 22.2 Å². The highest BCUT2D eigenvalue weighted by Crippen LogP contribution is 2.30. The lowest BCUT2D eigenvalue weighted by Gasteiger charge is -2.39. The van der Waals surface area contributed by atoms with E-state index in [1.54, 1.807) is 12.0 Å². The zero-order valence-corrected chi connectivity index (χ0v) is 18.1. The molecule has 0 saturated carbocycles. The fourth-order valence-corrected chi connectivity index (χ4v) is 3.60. The maximum Gasteiger partial charge on any atom is 0.410 e. The van der Waals surface area contributed by atoms with Gasteiger partial charge in [-0.15, -0.1) is 0 Å². The molecule has 1 aliphatic heterocycles. The van der Waals surface area contributed by atoms with E-state index in [2.05, 4.69) is 18.0 Å². The van der Waals surface area contributed by atoms with Crippen LogP contribution < -0.4 is 4.74 Å². The molecule has 0 bridgehead atoms. The second kappa shape index (κ2) is 7.59. The van der Waals surface area contributed by atoms with Gasteiger partial charge in [-0.2, -0.15) is 0 Å². The van der Waals surface area contributed by atoms with Gasteiger partial charge in [0.25, 0.3) is 0 Å². The van der Waals surface area contributed by atoms with Crippen LogP contribution in [0, 0.1) is 6.92 Å². The first-order chi connectivity index (χ1) is 14.2. The number of aryl methyl sites for hydroxylation is 1. The molecular formula is C24H27N3O3. The first-order valence-electron chi connectivity index (χ1n) is 10.1. The topological polar surface area (TPSA) is 64.5 Å². The van der Waals surface area contributed by atoms with Crippen LogP contribution in [0.2, 0.25) is 0 Å². The van der Waals surface area contributed by atoms with Crippen LogP contribution in [0.3, 0.4) is 0 Å². The third-order valence-electron chi connectivity index (χ3n) is 5.26. The molecule has 0 radical (unpaired) electrons. The molecule has 1 amide bonds. The Hall–Kier alpha value is -3.15. The van der Waals surface area contributed by atoms with E-state index in [9.17, 15) is 4.79 Å². The van der Waals surface area contributed by atoms with Crippen molar-refractivity contribution in [1.29, 1.82) is 0 Å². The van der Waals surface area contributed by atoms with Crippen molar-refractivity contribution < 1.29 is 14.3 Å². The third-order valence-corrected chi connectivity index (χ3v) is 5.26. The molecule has 156 valence electrons. The molecule has 3 heterocycles. The molecule has 1 fully saturated rings. The maximum atomic E-state index is 12.1. The Morgan fingerprint density at radius 1 is 1.13 bits per heavy atom. The number of amides is 1. The van der Waals surface area contributed by atoms with Crippen LogP contribution in [0.5, 0.6) is 5.75 Å². The molecule has 4 rings (SSSR count). The fraction of sp³-hybridized carbons (Fsp3) is 0.375. The molecule has 0 unspecified atom stereocenters. The lowest BCUT2D eigenvalue weighted by molar-refractivity contribution is 0.00787. The van der Waals surface area contributed by atoms with Gasteiger partial charge in [0.15, 0.2) is 0 Å². The molecule has 2 aromatic heterocycles. The molecule has 6 heteroatoms. The summed E-state index contributed by atoms with van der Waals surface area (Å²) in [5.74, 6) is 1.03. The lowest BCUT2D eigenvalue weighted by atomic mass is 9.95. The number of rotatable bonds is 3. The van der Waals surface area contributed by atoms with Gasteiger partial charge >= 0.3 is 6.09 Å². The molecule has 3 aromatic rings. The highest BCUT2D eigenvalue weighted by molar-refractivity contribution is 5.86. The number of aromatic nitrogens is 2. The van der Waals surface area contributed by atoms with Gasteiger partial charge in [-0.3, -0.25) is 4.98 Å². The summed E-state index contributed by atoms with van der Waals surface area (Å²) in [4.78, 5) is 23.3. The predicted molar refractivity (Wildman–Crippen MR) is 117 cm³/mol. The Bertz CT molecular complexity index is 1080. The van der Waals surface area contributed by atoms with Gasteiger partial charge in [-0.25, -0.2) is 9.78 Å². The molecule has 1 aromatic carbocycles. The average molecular weight is 405 g/mol. The minimum Gasteiger partial charge on any atom is -0.497 e. The van der Waals surface area contributed by atoms with Crippen molar-refractivity contribution in [3.63, 3.8) is 0 Å². The number of carbonyl (C=O) groups is 1. The van der Waals surface area contributed by atoms with E-state index in [1.165, 1.54) is 0 Å². The van der Waals surface area contributed by atoms with E-state index in [0.717, 1.165) is 39.2 Å². The Labute approximate surface area is 176 Å². The van der Waals surface area contributed by atoms with E-state index in [-0.39, 0.29) is 12.0 Å². The van der Waals surface area contributed by atoms with Crippen molar-refractivity contribution in [2.45, 2.75) is 39.2 Å². The van der Waals surface area contributed by atoms with Crippen molar-refractivity contribution in [2.24, 2.45) is 0 Å². The summed E-state index contributed by atoms with van der Waals surface area (Å²) in [6, 6.07) is 12.1. The number of ether oxygens (including phenoxy) is 2. The highest BCUT2D eigenvalue weighted by Gasteiger charge is 2.35. The summed E-state index contributed by atoms with van der Waals surface area (Å²) in [5.41, 5.74) is 4.43. The number of pyridine rings is 2. The Kier molecular flexibility index (Phi) is 5.10. The van der Waals surface area contributed by atoms with E-state index < -0.39 is 5.60 Å². The first kappa shape index (κ1) is 20.1. The molecule has 0 N–H and O–H groups in total. The Balaban J connectivity index is 1.49. The standard InChI is InChI=1S/C24H27N3O3/c1-15-10-21(26-22-11-18(29-5)7-8-19(15)22)16-6-9-20(25-12-16)17-13-27(14-17)23(28)30-24(2,3)4/h6-12,17H,13-14H2,1-5H3. The number of likely N-dealkylation sites (tertiary alicyclic amines) is 1. The molecule has 30 heavy (non-hydrogen) atoms. The average Bonchev–Trinajstić information content (AvgIpc) is 2.65. The van der Waals surface area contributed by atoms with E-state index in [1.807, 2.05) is 57.3 Å². The van der Waals surface area contributed by atoms with Gasteiger partial charge in [-0.1, -0.05) is 0 Å². The van der Waals surface area contributed by atoms with Crippen molar-refractivity contribution >= 4 is 17.0 Å². The second-order valence-electron chi connectivity index (χ2n) is 8.76. The molecule has 0 atom stereocenters. The second-order valence-corrected chi connectivity index (χ2v) is 8.76. The number of hydrogen-bond acceptors (Lipinski definition) is 5. The van der Waals surface area contributed by atoms with Crippen molar-refractivity contribution in [3.8, 4) is 17.0 Å². The third kappa shape index (κ3) is 4.08. The number of benzene rings is 1. The number of fused-ring (bicyclic) bond motifs is 1. The van der Waals surface area contributed by atoms with Crippen LogP contribution in [-0.2, 0) is 4.74 Å². The molecule has 1 aliphatic rings. The molecule has 0 spiro atoms. The summed E-state index contributed by atoms with van der Waals surface area (Å²) in [5, 5.41) is 1.11. The maximum absolute atomic E-state index is 12.1. The van der Waals surface area contributed by atoms with Crippen molar-refractivity contribution in [3.05, 3.63) is 53.9 Å². The number of nitrogens with zero attached hydrogens (tertiary/aromatic N) is 3. The van der Waals surface area contributed by atoms with Gasteiger partial charge in [0, 0.05) is 47.9 Å². The zero-order chi connectivity index (χ0) is 21.5. The zero-order valence-electron chi connectivity index (χ0n) is 18.1. The van der Waals surface area contributed by atoms with Gasteiger partial charge in [0.2, 0.25) is 0 Å². The van der Waals surface area contributed by atoms with Gasteiger partial charge in [0.05, 0.1) is 18.3 Å². The summed E-state index contributed by atoms with van der Waals surface area (Å²) in [6.45, 7) is 8.98.